The second kappa shape index (κ2) is 8.50. The molecular weight excluding hydrogens is 250 g/mol. The minimum Gasteiger partial charge on any atom is -0.337 e. The summed E-state index contributed by atoms with van der Waals surface area (Å²) in [5.74, 6) is 1.35. The van der Waals surface area contributed by atoms with Crippen LogP contribution in [0, 0.1) is 11.8 Å². The zero-order valence-electron chi connectivity index (χ0n) is 13.9. The van der Waals surface area contributed by atoms with E-state index in [1.807, 2.05) is 0 Å². The molecule has 0 aliphatic heterocycles. The predicted molar refractivity (Wildman–Crippen MR) is 84.9 cm³/mol. The molecule has 0 saturated heterocycles. The topological polar surface area (TPSA) is 44.4 Å². The van der Waals surface area contributed by atoms with Crippen molar-refractivity contribution >= 4 is 6.03 Å². The van der Waals surface area contributed by atoms with Crippen molar-refractivity contribution in [2.24, 2.45) is 11.8 Å². The van der Waals surface area contributed by atoms with E-state index in [1.165, 1.54) is 12.8 Å². The summed E-state index contributed by atoms with van der Waals surface area (Å²) < 4.78 is 0. The first-order chi connectivity index (χ1) is 9.47. The van der Waals surface area contributed by atoms with Crippen LogP contribution in [0.25, 0.3) is 0 Å². The number of carbonyl (C=O) groups excluding carboxylic acids is 1. The number of rotatable bonds is 9. The van der Waals surface area contributed by atoms with Gasteiger partial charge in [-0.05, 0) is 51.1 Å². The Balaban J connectivity index is 2.37. The maximum absolute atomic E-state index is 11.9. The molecule has 0 spiro atoms. The van der Waals surface area contributed by atoms with Crippen LogP contribution in [0.2, 0.25) is 0 Å². The van der Waals surface area contributed by atoms with Crippen LogP contribution in [0.15, 0.2) is 0 Å². The second-order valence-corrected chi connectivity index (χ2v) is 6.49. The summed E-state index contributed by atoms with van der Waals surface area (Å²) in [6, 6.07) is 0.740. The maximum Gasteiger partial charge on any atom is 0.315 e. The van der Waals surface area contributed by atoms with Crippen LogP contribution in [-0.2, 0) is 0 Å². The van der Waals surface area contributed by atoms with Crippen LogP contribution in [0.3, 0.4) is 0 Å². The third kappa shape index (κ3) is 6.12. The Morgan fingerprint density at radius 1 is 1.20 bits per heavy atom. The molecule has 0 bridgehead atoms. The number of hydrogen-bond donors (Lipinski definition) is 2. The van der Waals surface area contributed by atoms with Crippen LogP contribution in [0.4, 0.5) is 4.79 Å². The van der Waals surface area contributed by atoms with E-state index in [0.717, 1.165) is 26.1 Å². The minimum atomic E-state index is -0.00897. The van der Waals surface area contributed by atoms with E-state index in [1.54, 1.807) is 0 Å². The van der Waals surface area contributed by atoms with Crippen molar-refractivity contribution < 1.29 is 4.79 Å². The Labute approximate surface area is 124 Å². The molecule has 1 rings (SSSR count). The molecule has 2 unspecified atom stereocenters. The van der Waals surface area contributed by atoms with E-state index in [-0.39, 0.29) is 6.03 Å². The van der Waals surface area contributed by atoms with Gasteiger partial charge in [0.25, 0.3) is 0 Å². The van der Waals surface area contributed by atoms with E-state index in [2.05, 4.69) is 50.2 Å². The third-order valence-electron chi connectivity index (χ3n) is 4.26. The van der Waals surface area contributed by atoms with Gasteiger partial charge in [-0.15, -0.1) is 0 Å². The van der Waals surface area contributed by atoms with Crippen LogP contribution in [0.1, 0.15) is 53.9 Å². The first kappa shape index (κ1) is 17.3. The average Bonchev–Trinajstić information content (AvgIpc) is 3.20. The largest absolute Gasteiger partial charge is 0.337 e. The van der Waals surface area contributed by atoms with Crippen molar-refractivity contribution in [2.75, 3.05) is 19.6 Å². The van der Waals surface area contributed by atoms with Gasteiger partial charge in [0.05, 0.1) is 0 Å². The fourth-order valence-electron chi connectivity index (χ4n) is 2.83. The standard InChI is InChI=1S/C16H33N3O/c1-6-19(7-2)15(10-12(3)4)11-17-16(20)18-13(5)14-8-9-14/h12-15H,6-11H2,1-5H3,(H2,17,18,20). The van der Waals surface area contributed by atoms with Gasteiger partial charge in [-0.1, -0.05) is 27.7 Å². The van der Waals surface area contributed by atoms with Crippen molar-refractivity contribution in [3.8, 4) is 0 Å². The smallest absolute Gasteiger partial charge is 0.315 e. The number of nitrogens with zero attached hydrogens (tertiary/aromatic N) is 1. The van der Waals surface area contributed by atoms with Gasteiger partial charge in [0.15, 0.2) is 0 Å². The number of likely N-dealkylation sites (N-methyl/N-ethyl adjacent to an activating group) is 1. The highest BCUT2D eigenvalue weighted by atomic mass is 16.2. The SMILES string of the molecule is CCN(CC)C(CNC(=O)NC(C)C1CC1)CC(C)C. The molecule has 4 heteroatoms. The van der Waals surface area contributed by atoms with Gasteiger partial charge in [-0.2, -0.15) is 0 Å². The van der Waals surface area contributed by atoms with Crippen molar-refractivity contribution in [1.82, 2.24) is 15.5 Å². The van der Waals surface area contributed by atoms with E-state index >= 15 is 0 Å². The summed E-state index contributed by atoms with van der Waals surface area (Å²) in [6.45, 7) is 13.8. The molecule has 2 amide bonds. The summed E-state index contributed by atoms with van der Waals surface area (Å²) in [7, 11) is 0. The first-order valence-corrected chi connectivity index (χ1v) is 8.26. The summed E-state index contributed by atoms with van der Waals surface area (Å²) in [4.78, 5) is 14.4. The van der Waals surface area contributed by atoms with E-state index in [9.17, 15) is 4.79 Å². The molecule has 4 nitrogen and oxygen atoms in total. The van der Waals surface area contributed by atoms with Crippen molar-refractivity contribution in [3.63, 3.8) is 0 Å². The highest BCUT2D eigenvalue weighted by Gasteiger charge is 2.29. The third-order valence-corrected chi connectivity index (χ3v) is 4.26. The summed E-state index contributed by atoms with van der Waals surface area (Å²) >= 11 is 0. The van der Waals surface area contributed by atoms with Gasteiger partial charge in [0.1, 0.15) is 0 Å². The molecule has 118 valence electrons. The molecule has 1 aliphatic carbocycles. The Hall–Kier alpha value is -0.770. The molecule has 2 N–H and O–H groups in total. The molecule has 0 aromatic rings. The zero-order chi connectivity index (χ0) is 15.1. The number of amides is 2. The van der Waals surface area contributed by atoms with Gasteiger partial charge in [-0.25, -0.2) is 4.79 Å². The number of nitrogens with one attached hydrogen (secondary N) is 2. The first-order valence-electron chi connectivity index (χ1n) is 8.26. The number of hydrogen-bond acceptors (Lipinski definition) is 2. The van der Waals surface area contributed by atoms with E-state index in [0.29, 0.717) is 23.9 Å². The number of urea groups is 1. The van der Waals surface area contributed by atoms with E-state index < -0.39 is 0 Å². The van der Waals surface area contributed by atoms with Crippen molar-refractivity contribution in [3.05, 3.63) is 0 Å². The molecule has 20 heavy (non-hydrogen) atoms. The van der Waals surface area contributed by atoms with Gasteiger partial charge < -0.3 is 10.6 Å². The van der Waals surface area contributed by atoms with Crippen LogP contribution in [-0.4, -0.2) is 42.6 Å². The lowest BCUT2D eigenvalue weighted by molar-refractivity contribution is 0.183. The highest BCUT2D eigenvalue weighted by molar-refractivity contribution is 5.74. The number of carbonyl (C=O) groups is 1. The monoisotopic (exact) mass is 283 g/mol. The summed E-state index contributed by atoms with van der Waals surface area (Å²) in [6.07, 6.45) is 3.65. The maximum atomic E-state index is 11.9. The Bertz CT molecular complexity index is 285. The summed E-state index contributed by atoms with van der Waals surface area (Å²) in [5.41, 5.74) is 0. The molecule has 0 radical (unpaired) electrons. The van der Waals surface area contributed by atoms with Gasteiger partial charge in [0.2, 0.25) is 0 Å². The fraction of sp³-hybridized carbons (Fsp3) is 0.938. The highest BCUT2D eigenvalue weighted by Crippen LogP contribution is 2.32. The molecule has 0 aromatic carbocycles. The zero-order valence-corrected chi connectivity index (χ0v) is 13.9. The van der Waals surface area contributed by atoms with Crippen molar-refractivity contribution in [1.29, 1.82) is 0 Å². The second-order valence-electron chi connectivity index (χ2n) is 6.49. The van der Waals surface area contributed by atoms with Gasteiger partial charge in [0, 0.05) is 18.6 Å². The van der Waals surface area contributed by atoms with Crippen molar-refractivity contribution in [2.45, 2.75) is 66.0 Å². The normalized spacial score (nSPS) is 18.1. The Kier molecular flexibility index (Phi) is 7.35. The molecule has 0 heterocycles. The molecule has 1 aliphatic rings. The molecule has 0 aromatic heterocycles. The molecule has 1 fully saturated rings. The lowest BCUT2D eigenvalue weighted by Crippen LogP contribution is -2.48. The molecule has 1 saturated carbocycles. The van der Waals surface area contributed by atoms with Crippen LogP contribution < -0.4 is 10.6 Å². The van der Waals surface area contributed by atoms with E-state index in [4.69, 9.17) is 0 Å². The average molecular weight is 283 g/mol. The lowest BCUT2D eigenvalue weighted by atomic mass is 10.0. The Morgan fingerprint density at radius 3 is 2.25 bits per heavy atom. The Morgan fingerprint density at radius 2 is 1.80 bits per heavy atom. The van der Waals surface area contributed by atoms with Gasteiger partial charge in [-0.3, -0.25) is 4.90 Å². The molecular formula is C16H33N3O. The molecule has 2 atom stereocenters. The van der Waals surface area contributed by atoms with Gasteiger partial charge >= 0.3 is 6.03 Å². The predicted octanol–water partition coefficient (Wildman–Crippen LogP) is 2.84. The summed E-state index contributed by atoms with van der Waals surface area (Å²) in [5, 5.41) is 6.12. The lowest BCUT2D eigenvalue weighted by Gasteiger charge is -2.31. The van der Waals surface area contributed by atoms with Crippen LogP contribution >= 0.6 is 0 Å². The fourth-order valence-corrected chi connectivity index (χ4v) is 2.83. The minimum absolute atomic E-state index is 0.00897. The van der Waals surface area contributed by atoms with Crippen LogP contribution in [0.5, 0.6) is 0 Å². The quantitative estimate of drug-likeness (QED) is 0.683.